The summed E-state index contributed by atoms with van der Waals surface area (Å²) in [4.78, 5) is 51.3. The van der Waals surface area contributed by atoms with Gasteiger partial charge in [-0.15, -0.1) is 0 Å². The van der Waals surface area contributed by atoms with Crippen LogP contribution in [0.1, 0.15) is 109 Å². The molecule has 1 saturated carbocycles. The number of ether oxygens (including phenoxy) is 1. The minimum absolute atomic E-state index is 0.0367. The first-order valence-corrected chi connectivity index (χ1v) is 17.6. The quantitative estimate of drug-likeness (QED) is 0.277. The highest BCUT2D eigenvalue weighted by atomic mass is 19.1. The van der Waals surface area contributed by atoms with Gasteiger partial charge in [-0.05, 0) is 129 Å². The molecule has 4 aliphatic rings. The second-order valence-electron chi connectivity index (χ2n) is 15.4. The van der Waals surface area contributed by atoms with Crippen LogP contribution >= 0.6 is 0 Å². The lowest BCUT2D eigenvalue weighted by Crippen LogP contribution is -2.64. The Morgan fingerprint density at radius 3 is 2.25 bits per heavy atom. The Bertz CT molecular complexity index is 1670. The Kier molecular flexibility index (Phi) is 9.30. The average molecular weight is 660 g/mol. The number of amides is 3. The summed E-state index contributed by atoms with van der Waals surface area (Å²) in [5, 5.41) is 1.03. The molecule has 0 unspecified atom stereocenters. The minimum Gasteiger partial charge on any atom is -0.444 e. The second-order valence-corrected chi connectivity index (χ2v) is 15.4. The standard InChI is InChI=1S/C38H50FN5O4/c1-23(2)43(24(3)4)35(45)30-20-27(39)10-13-32(30)42-22-31(29-14-17-40-21-33(29)42)25-15-18-41(19-16-25)36(46)34-26-8-11-28(12-9-26)44(34)37(47)48-38(5,6)7/h10,13-14,17,20-26,28,34H,8-9,11-12,15-16,18-19H2,1-7H3/t26?,28?,34-/m1/s1. The summed E-state index contributed by atoms with van der Waals surface area (Å²) in [6, 6.07) is 5.87. The van der Waals surface area contributed by atoms with Crippen LogP contribution in [0.25, 0.3) is 16.6 Å². The van der Waals surface area contributed by atoms with E-state index in [9.17, 15) is 18.8 Å². The molecule has 7 rings (SSSR count). The number of halogens is 1. The van der Waals surface area contributed by atoms with E-state index in [1.54, 1.807) is 28.3 Å². The molecule has 3 amide bonds. The van der Waals surface area contributed by atoms with Crippen molar-refractivity contribution in [2.24, 2.45) is 5.92 Å². The van der Waals surface area contributed by atoms with E-state index in [-0.39, 0.29) is 47.9 Å². The molecule has 4 fully saturated rings. The SMILES string of the molecule is CC(C)N(C(=O)c1cc(F)ccc1-n1cc(C2CCN(C(=O)[C@H]3C4CCC(CC4)N3C(=O)OC(C)(C)C)CC2)c2ccncc21)C(C)C. The van der Waals surface area contributed by atoms with Gasteiger partial charge in [-0.3, -0.25) is 19.5 Å². The Morgan fingerprint density at radius 2 is 1.62 bits per heavy atom. The van der Waals surface area contributed by atoms with Crippen molar-refractivity contribution in [2.45, 2.75) is 123 Å². The van der Waals surface area contributed by atoms with Crippen molar-refractivity contribution in [2.75, 3.05) is 13.1 Å². The van der Waals surface area contributed by atoms with Gasteiger partial charge in [-0.1, -0.05) is 0 Å². The normalized spacial score (nSPS) is 21.8. The van der Waals surface area contributed by atoms with E-state index in [4.69, 9.17) is 4.74 Å². The first-order valence-electron chi connectivity index (χ1n) is 17.6. The average Bonchev–Trinajstić information content (AvgIpc) is 3.43. The largest absolute Gasteiger partial charge is 0.444 e. The summed E-state index contributed by atoms with van der Waals surface area (Å²) >= 11 is 0. The van der Waals surface area contributed by atoms with Crippen LogP contribution in [0.3, 0.4) is 0 Å². The first kappa shape index (κ1) is 33.9. The Balaban J connectivity index is 1.26. The van der Waals surface area contributed by atoms with Crippen molar-refractivity contribution in [3.8, 4) is 5.69 Å². The Labute approximate surface area is 283 Å². The van der Waals surface area contributed by atoms with E-state index >= 15 is 0 Å². The fraction of sp³-hybridized carbons (Fsp3) is 0.579. The van der Waals surface area contributed by atoms with Crippen molar-refractivity contribution in [3.63, 3.8) is 0 Å². The van der Waals surface area contributed by atoms with Gasteiger partial charge in [0, 0.05) is 49.0 Å². The second kappa shape index (κ2) is 13.2. The molecule has 9 nitrogen and oxygen atoms in total. The molecule has 0 radical (unpaired) electrons. The van der Waals surface area contributed by atoms with Crippen LogP contribution in [0.5, 0.6) is 0 Å². The smallest absolute Gasteiger partial charge is 0.411 e. The third-order valence-corrected chi connectivity index (χ3v) is 10.4. The van der Waals surface area contributed by atoms with Crippen LogP contribution in [0, 0.1) is 11.7 Å². The summed E-state index contributed by atoms with van der Waals surface area (Å²) in [6.07, 6.45) is 10.6. The number of benzene rings is 1. The zero-order valence-electron chi connectivity index (χ0n) is 29.4. The third kappa shape index (κ3) is 6.42. The summed E-state index contributed by atoms with van der Waals surface area (Å²) in [7, 11) is 0. The molecular weight excluding hydrogens is 609 g/mol. The van der Waals surface area contributed by atoms with Crippen LogP contribution < -0.4 is 0 Å². The number of fused-ring (bicyclic) bond motifs is 4. The van der Waals surface area contributed by atoms with Gasteiger partial charge in [0.2, 0.25) is 5.91 Å². The lowest BCUT2D eigenvalue weighted by Gasteiger charge is -2.51. The predicted octanol–water partition coefficient (Wildman–Crippen LogP) is 7.31. The maximum atomic E-state index is 14.7. The van der Waals surface area contributed by atoms with Gasteiger partial charge in [0.15, 0.2) is 0 Å². The lowest BCUT2D eigenvalue weighted by molar-refractivity contribution is -0.146. The van der Waals surface area contributed by atoms with Crippen molar-refractivity contribution >= 4 is 28.8 Å². The van der Waals surface area contributed by atoms with Gasteiger partial charge >= 0.3 is 6.09 Å². The maximum Gasteiger partial charge on any atom is 0.411 e. The van der Waals surface area contributed by atoms with Crippen LogP contribution in [0.4, 0.5) is 9.18 Å². The molecule has 258 valence electrons. The molecule has 10 heteroatoms. The fourth-order valence-corrected chi connectivity index (χ4v) is 8.36. The molecule has 2 bridgehead atoms. The van der Waals surface area contributed by atoms with E-state index in [0.29, 0.717) is 24.3 Å². The number of hydrogen-bond donors (Lipinski definition) is 0. The molecular formula is C38H50FN5O4. The highest BCUT2D eigenvalue weighted by molar-refractivity contribution is 5.99. The van der Waals surface area contributed by atoms with Gasteiger partial charge in [0.1, 0.15) is 17.5 Å². The minimum atomic E-state index is -0.626. The van der Waals surface area contributed by atoms with Gasteiger partial charge < -0.3 is 19.1 Å². The molecule has 1 aromatic carbocycles. The summed E-state index contributed by atoms with van der Waals surface area (Å²) in [5.41, 5.74) is 2.26. The van der Waals surface area contributed by atoms with Gasteiger partial charge in [-0.25, -0.2) is 9.18 Å². The third-order valence-electron chi connectivity index (χ3n) is 10.4. The number of rotatable bonds is 6. The number of likely N-dealkylation sites (tertiary alicyclic amines) is 1. The highest BCUT2D eigenvalue weighted by Crippen LogP contribution is 2.42. The molecule has 3 saturated heterocycles. The summed E-state index contributed by atoms with van der Waals surface area (Å²) in [6.45, 7) is 14.6. The van der Waals surface area contributed by atoms with Crippen LogP contribution in [-0.4, -0.2) is 85.0 Å². The van der Waals surface area contributed by atoms with Crippen molar-refractivity contribution in [1.82, 2.24) is 24.3 Å². The first-order chi connectivity index (χ1) is 22.7. The van der Waals surface area contributed by atoms with E-state index < -0.39 is 17.5 Å². The van der Waals surface area contributed by atoms with Gasteiger partial charge in [-0.2, -0.15) is 0 Å². The number of piperidine rings is 3. The fourth-order valence-electron chi connectivity index (χ4n) is 8.36. The van der Waals surface area contributed by atoms with E-state index in [1.165, 1.54) is 12.1 Å². The molecule has 0 N–H and O–H groups in total. The van der Waals surface area contributed by atoms with E-state index in [1.807, 2.05) is 64.0 Å². The molecule has 3 aromatic rings. The Morgan fingerprint density at radius 1 is 0.958 bits per heavy atom. The number of hydrogen-bond acceptors (Lipinski definition) is 5. The number of pyridine rings is 1. The molecule has 1 aliphatic carbocycles. The van der Waals surface area contributed by atoms with Crippen molar-refractivity contribution < 1.29 is 23.5 Å². The molecule has 48 heavy (non-hydrogen) atoms. The Hall–Kier alpha value is -3.95. The molecule has 3 aliphatic heterocycles. The summed E-state index contributed by atoms with van der Waals surface area (Å²) in [5.74, 6) is -0.307. The maximum absolute atomic E-state index is 14.7. The molecule has 5 heterocycles. The number of carbonyl (C=O) groups is 3. The van der Waals surface area contributed by atoms with Gasteiger partial charge in [0.05, 0.1) is 23.0 Å². The van der Waals surface area contributed by atoms with Crippen molar-refractivity contribution in [1.29, 1.82) is 0 Å². The predicted molar refractivity (Wildman–Crippen MR) is 184 cm³/mol. The van der Waals surface area contributed by atoms with Gasteiger partial charge in [0.25, 0.3) is 5.91 Å². The van der Waals surface area contributed by atoms with E-state index in [0.717, 1.165) is 55.0 Å². The van der Waals surface area contributed by atoms with Crippen LogP contribution in [0.15, 0.2) is 42.9 Å². The molecule has 1 atom stereocenters. The van der Waals surface area contributed by atoms with E-state index in [2.05, 4.69) is 11.2 Å². The number of carbonyl (C=O) groups excluding carboxylic acids is 3. The number of nitrogens with zero attached hydrogens (tertiary/aromatic N) is 5. The topological polar surface area (TPSA) is 88.0 Å². The summed E-state index contributed by atoms with van der Waals surface area (Å²) < 4.78 is 22.4. The molecule has 2 aromatic heterocycles. The van der Waals surface area contributed by atoms with Crippen LogP contribution in [0.2, 0.25) is 0 Å². The van der Waals surface area contributed by atoms with Crippen LogP contribution in [-0.2, 0) is 9.53 Å². The zero-order valence-corrected chi connectivity index (χ0v) is 29.4. The van der Waals surface area contributed by atoms with Crippen molar-refractivity contribution in [3.05, 3.63) is 59.8 Å². The molecule has 0 spiro atoms. The monoisotopic (exact) mass is 659 g/mol. The lowest BCUT2D eigenvalue weighted by atomic mass is 9.74. The number of aromatic nitrogens is 2. The highest BCUT2D eigenvalue weighted by Gasteiger charge is 2.50. The zero-order chi connectivity index (χ0) is 34.5.